The van der Waals surface area contributed by atoms with Crippen LogP contribution in [0.15, 0.2) is 91.1 Å². The van der Waals surface area contributed by atoms with Gasteiger partial charge in [-0.15, -0.1) is 0 Å². The van der Waals surface area contributed by atoms with E-state index < -0.39 is 36.0 Å². The van der Waals surface area contributed by atoms with Gasteiger partial charge < -0.3 is 59.7 Å². The standard InChI is InChI=1S/2C31H43N3O4.C28H39N5O4/c2*1-31(2)17-7-13-27(38-31)25-11-3-4-12-26(25)28(30(35)36)34-19-16-24(21-34)37-20-6-5-10-23-15-14-22-9-8-18-32-29(22)33-23;1-19-30-17-23(25(31-19)24-9-3-5-16-37-24)26(28(34)35)33-14-12-22(18-33)36-15-4-2-8-21-11-10-20-7-6-13-29-27(20)32-21/h2*3-4,11-12,14-15,24,27-28H,5-10,13,16-21H2,1-2H3,(H,32,33)(H,35,36);10-11,17,22,24,26H,2-9,12-16,18H2,1H3,(H,29,32)(H,34,35)/t24-,27?,28+;24-,27?,28-;22-,24?,26+/m111/s1. The van der Waals surface area contributed by atoms with Gasteiger partial charge in [0.2, 0.25) is 0 Å². The number of aromatic nitrogens is 5. The van der Waals surface area contributed by atoms with Gasteiger partial charge in [0.05, 0.1) is 53.5 Å². The normalized spacial score (nSPS) is 23.6. The van der Waals surface area contributed by atoms with Gasteiger partial charge in [0.1, 0.15) is 41.4 Å². The number of fused-ring (bicyclic) bond motifs is 3. The molecule has 13 heterocycles. The summed E-state index contributed by atoms with van der Waals surface area (Å²) in [5, 5.41) is 41.0. The zero-order valence-corrected chi connectivity index (χ0v) is 67.7. The van der Waals surface area contributed by atoms with Crippen LogP contribution in [0, 0.1) is 6.92 Å². The summed E-state index contributed by atoms with van der Waals surface area (Å²) < 4.78 is 37.4. The van der Waals surface area contributed by atoms with E-state index in [-0.39, 0.29) is 47.8 Å². The minimum absolute atomic E-state index is 0.0358. The lowest BCUT2D eigenvalue weighted by Crippen LogP contribution is -2.36. The molecule has 0 aliphatic carbocycles. The Morgan fingerprint density at radius 2 is 0.858 bits per heavy atom. The maximum absolute atomic E-state index is 12.5. The third-order valence-corrected chi connectivity index (χ3v) is 24.2. The van der Waals surface area contributed by atoms with Gasteiger partial charge in [0, 0.05) is 114 Å². The first kappa shape index (κ1) is 83.4. The van der Waals surface area contributed by atoms with Gasteiger partial charge in [-0.2, -0.15) is 0 Å². The summed E-state index contributed by atoms with van der Waals surface area (Å²) >= 11 is 0. The number of nitrogens with one attached hydrogen (secondary N) is 3. The molecule has 6 aromatic rings. The molecule has 2 aromatic carbocycles. The van der Waals surface area contributed by atoms with Crippen LogP contribution in [0.5, 0.6) is 0 Å². The molecule has 15 rings (SSSR count). The largest absolute Gasteiger partial charge is 0.480 e. The molecule has 4 aromatic heterocycles. The molecule has 0 radical (unpaired) electrons. The Bertz CT molecular complexity index is 3930. The first-order chi connectivity index (χ1) is 54.9. The molecular weight excluding hydrogens is 1430 g/mol. The number of aryl methyl sites for hydroxylation is 7. The number of carboxylic acids is 3. The molecule has 9 atom stereocenters. The third-order valence-electron chi connectivity index (χ3n) is 24.2. The smallest absolute Gasteiger partial charge is 0.325 e. The predicted molar refractivity (Wildman–Crippen MR) is 437 cm³/mol. The Kier molecular flexibility index (Phi) is 29.8. The SMILES string of the molecule is CC1(C)CCCC(c2ccccc2[C@@H](C(=O)O)N2CC[C@@H](OCCCCc3ccc4c(n3)NCCC4)C2)O1.CC1(C)CCCC(c2ccccc2[C@H](C(=O)O)N2CC[C@@H](OCCCCc3ccc4c(n3)NCCC4)C2)O1.Cc1ncc([C@@H](C(=O)O)N2CC[C@@H](OCCCCc3ccc4c(n3)NCCC4)C2)c(C2CCCCO2)n1. The van der Waals surface area contributed by atoms with Crippen molar-refractivity contribution >= 4 is 35.4 Å². The minimum atomic E-state index is -0.878. The highest BCUT2D eigenvalue weighted by molar-refractivity contribution is 5.77. The van der Waals surface area contributed by atoms with Crippen molar-refractivity contribution in [3.63, 3.8) is 0 Å². The van der Waals surface area contributed by atoms with Gasteiger partial charge in [0.15, 0.2) is 0 Å². The Balaban J connectivity index is 0.000000148. The van der Waals surface area contributed by atoms with Crippen LogP contribution in [0.1, 0.15) is 272 Å². The molecule has 113 heavy (non-hydrogen) atoms. The van der Waals surface area contributed by atoms with Crippen LogP contribution >= 0.6 is 0 Å². The number of aliphatic carboxylic acids is 3. The number of rotatable bonds is 30. The lowest BCUT2D eigenvalue weighted by molar-refractivity contribution is -0.144. The van der Waals surface area contributed by atoms with Crippen molar-refractivity contribution in [3.8, 4) is 0 Å². The summed E-state index contributed by atoms with van der Waals surface area (Å²) in [6, 6.07) is 26.9. The van der Waals surface area contributed by atoms with Crippen molar-refractivity contribution in [3.05, 3.63) is 164 Å². The molecule has 9 aliphatic rings. The highest BCUT2D eigenvalue weighted by Gasteiger charge is 2.42. The van der Waals surface area contributed by atoms with Crippen LogP contribution in [0.3, 0.4) is 0 Å². The lowest BCUT2D eigenvalue weighted by Gasteiger charge is -2.38. The zero-order chi connectivity index (χ0) is 78.7. The molecule has 0 saturated carbocycles. The van der Waals surface area contributed by atoms with Gasteiger partial charge in [0.25, 0.3) is 0 Å². The van der Waals surface area contributed by atoms with Gasteiger partial charge >= 0.3 is 17.9 Å². The fraction of sp³-hybridized carbons (Fsp3) is 0.622. The van der Waals surface area contributed by atoms with E-state index in [9.17, 15) is 29.7 Å². The van der Waals surface area contributed by atoms with Crippen LogP contribution in [0.2, 0.25) is 0 Å². The van der Waals surface area contributed by atoms with E-state index in [0.717, 1.165) is 249 Å². The number of ether oxygens (including phenoxy) is 6. The van der Waals surface area contributed by atoms with Crippen molar-refractivity contribution < 1.29 is 58.1 Å². The van der Waals surface area contributed by atoms with Gasteiger partial charge in [-0.1, -0.05) is 66.7 Å². The fourth-order valence-electron chi connectivity index (χ4n) is 18.2. The van der Waals surface area contributed by atoms with E-state index in [2.05, 4.69) is 112 Å². The van der Waals surface area contributed by atoms with Gasteiger partial charge in [-0.3, -0.25) is 29.1 Å². The highest BCUT2D eigenvalue weighted by Crippen LogP contribution is 2.44. The summed E-state index contributed by atoms with van der Waals surface area (Å²) in [5.41, 5.74) is 12.1. The van der Waals surface area contributed by atoms with Crippen LogP contribution in [0.25, 0.3) is 0 Å². The summed E-state index contributed by atoms with van der Waals surface area (Å²) in [6.07, 6.45) is 28.8. The molecule has 6 saturated heterocycles. The van der Waals surface area contributed by atoms with Crippen molar-refractivity contribution in [1.29, 1.82) is 0 Å². The second-order valence-corrected chi connectivity index (χ2v) is 33.8. The predicted octanol–water partition coefficient (Wildman–Crippen LogP) is 15.4. The first-order valence-electron chi connectivity index (χ1n) is 42.8. The molecule has 23 heteroatoms. The number of anilines is 3. The number of nitrogens with zero attached hydrogens (tertiary/aromatic N) is 8. The Labute approximate surface area is 669 Å². The van der Waals surface area contributed by atoms with Crippen LogP contribution in [-0.4, -0.2) is 188 Å². The number of hydrogen-bond acceptors (Lipinski definition) is 20. The molecule has 6 fully saturated rings. The first-order valence-corrected chi connectivity index (χ1v) is 42.8. The van der Waals surface area contributed by atoms with E-state index in [4.69, 9.17) is 43.4 Å². The summed E-state index contributed by atoms with van der Waals surface area (Å²) in [6.45, 7) is 20.1. The molecule has 6 N–H and O–H groups in total. The van der Waals surface area contributed by atoms with E-state index in [1.165, 1.54) is 36.0 Å². The Morgan fingerprint density at radius 3 is 1.24 bits per heavy atom. The summed E-state index contributed by atoms with van der Waals surface area (Å²) in [5.74, 6) is 1.32. The molecule has 9 aliphatic heterocycles. The molecular formula is C90H125N11O12. The van der Waals surface area contributed by atoms with Crippen molar-refractivity contribution in [2.24, 2.45) is 0 Å². The maximum Gasteiger partial charge on any atom is 0.325 e. The summed E-state index contributed by atoms with van der Waals surface area (Å²) in [4.78, 5) is 67.0. The topological polar surface area (TPSA) is 278 Å². The number of likely N-dealkylation sites (tertiary alicyclic amines) is 3. The van der Waals surface area contributed by atoms with E-state index in [1.807, 2.05) is 48.2 Å². The van der Waals surface area contributed by atoms with E-state index in [0.29, 0.717) is 64.0 Å². The molecule has 0 bridgehead atoms. The lowest BCUT2D eigenvalue weighted by atomic mass is 9.88. The quantitative estimate of drug-likeness (QED) is 0.0229. The molecule has 23 nitrogen and oxygen atoms in total. The average Bonchev–Trinajstić information content (AvgIpc) is 1.77. The molecule has 0 spiro atoms. The van der Waals surface area contributed by atoms with Crippen LogP contribution < -0.4 is 16.0 Å². The Morgan fingerprint density at radius 1 is 0.469 bits per heavy atom. The number of unbranched alkanes of at least 4 members (excludes halogenated alkanes) is 3. The average molecular weight is 1550 g/mol. The van der Waals surface area contributed by atoms with Crippen molar-refractivity contribution in [2.45, 2.75) is 274 Å². The number of benzene rings is 2. The van der Waals surface area contributed by atoms with E-state index >= 15 is 0 Å². The van der Waals surface area contributed by atoms with Crippen LogP contribution in [-0.2, 0) is 81.3 Å². The molecule has 0 amide bonds. The second-order valence-electron chi connectivity index (χ2n) is 33.8. The monoisotopic (exact) mass is 1550 g/mol. The second kappa shape index (κ2) is 40.3. The van der Waals surface area contributed by atoms with Gasteiger partial charge in [-0.05, 0) is 265 Å². The fourth-order valence-corrected chi connectivity index (χ4v) is 18.2. The number of pyridine rings is 3. The Hall–Kier alpha value is -7.58. The van der Waals surface area contributed by atoms with Crippen molar-refractivity contribution in [2.75, 3.05) is 101 Å². The zero-order valence-electron chi connectivity index (χ0n) is 67.7. The molecule has 3 unspecified atom stereocenters. The van der Waals surface area contributed by atoms with E-state index in [1.54, 1.807) is 6.20 Å². The third kappa shape index (κ3) is 23.0. The van der Waals surface area contributed by atoms with Gasteiger partial charge in [-0.25, -0.2) is 24.9 Å². The maximum atomic E-state index is 12.5. The highest BCUT2D eigenvalue weighted by atomic mass is 16.5. The minimum Gasteiger partial charge on any atom is -0.480 e. The molecule has 612 valence electrons. The number of carbonyl (C=O) groups is 3. The number of hydrogen-bond donors (Lipinski definition) is 6. The number of carboxylic acid groups (broad SMARTS) is 3. The van der Waals surface area contributed by atoms with Crippen molar-refractivity contribution in [1.82, 2.24) is 39.6 Å². The van der Waals surface area contributed by atoms with Crippen LogP contribution in [0.4, 0.5) is 17.5 Å². The summed E-state index contributed by atoms with van der Waals surface area (Å²) in [7, 11) is 0.